The molecule has 1 aliphatic heterocycles. The smallest absolute Gasteiger partial charge is 0.312 e. The Morgan fingerprint density at radius 3 is 2.36 bits per heavy atom. The summed E-state index contributed by atoms with van der Waals surface area (Å²) in [7, 11) is 0. The highest BCUT2D eigenvalue weighted by Gasteiger charge is 2.51. The molecule has 1 heterocycles. The summed E-state index contributed by atoms with van der Waals surface area (Å²) < 4.78 is 0. The van der Waals surface area contributed by atoms with Gasteiger partial charge in [-0.2, -0.15) is 0 Å². The number of carbonyl (C=O) groups is 3. The molecule has 1 aromatic carbocycles. The average molecular weight is 407 g/mol. The first-order chi connectivity index (χ1) is 13.4. The van der Waals surface area contributed by atoms with E-state index in [1.165, 1.54) is 6.42 Å². The van der Waals surface area contributed by atoms with Crippen LogP contribution >= 0.6 is 11.6 Å². The quantitative estimate of drug-likeness (QED) is 0.671. The van der Waals surface area contributed by atoms with Crippen molar-refractivity contribution >= 4 is 29.4 Å². The van der Waals surface area contributed by atoms with Crippen LogP contribution in [0, 0.1) is 5.41 Å². The van der Waals surface area contributed by atoms with Crippen molar-refractivity contribution in [3.05, 3.63) is 34.9 Å². The number of amides is 4. The van der Waals surface area contributed by atoms with Crippen LogP contribution in [-0.4, -0.2) is 48.4 Å². The van der Waals surface area contributed by atoms with Gasteiger partial charge in [0.05, 0.1) is 12.0 Å². The minimum Gasteiger partial charge on any atom is -0.353 e. The van der Waals surface area contributed by atoms with Crippen molar-refractivity contribution in [1.82, 2.24) is 15.5 Å². The van der Waals surface area contributed by atoms with Gasteiger partial charge in [0.25, 0.3) is 0 Å². The van der Waals surface area contributed by atoms with Gasteiger partial charge in [0.1, 0.15) is 0 Å². The number of carbonyl (C=O) groups excluding carboxylic acids is 3. The first-order valence-electron chi connectivity index (χ1n) is 9.74. The van der Waals surface area contributed by atoms with E-state index in [4.69, 9.17) is 17.3 Å². The van der Waals surface area contributed by atoms with E-state index in [2.05, 4.69) is 10.6 Å². The van der Waals surface area contributed by atoms with Crippen LogP contribution in [0.25, 0.3) is 0 Å². The van der Waals surface area contributed by atoms with Crippen LogP contribution in [-0.2, 0) is 16.0 Å². The first-order valence-corrected chi connectivity index (χ1v) is 10.1. The third kappa shape index (κ3) is 4.95. The fraction of sp³-hybridized carbons (Fsp3) is 0.550. The van der Waals surface area contributed by atoms with Gasteiger partial charge in [-0.25, -0.2) is 4.79 Å². The number of likely N-dealkylation sites (tertiary alicyclic amines) is 1. The lowest BCUT2D eigenvalue weighted by atomic mass is 9.73. The Balaban J connectivity index is 1.68. The van der Waals surface area contributed by atoms with Crippen molar-refractivity contribution < 1.29 is 14.4 Å². The molecule has 1 saturated carbocycles. The zero-order valence-electron chi connectivity index (χ0n) is 15.9. The lowest BCUT2D eigenvalue weighted by Crippen LogP contribution is -2.67. The van der Waals surface area contributed by atoms with E-state index in [-0.39, 0.29) is 24.4 Å². The molecule has 4 N–H and O–H groups in total. The molecule has 0 unspecified atom stereocenters. The summed E-state index contributed by atoms with van der Waals surface area (Å²) in [5.41, 5.74) is 5.37. The van der Waals surface area contributed by atoms with Crippen LogP contribution in [0.5, 0.6) is 0 Å². The molecule has 8 heteroatoms. The SMILES string of the molecule is NC(=O)NCC(=O)N1CC(Cc2ccc(Cl)cc2)(C(=O)NC2CCCCC2)C1. The number of hydrogen-bond acceptors (Lipinski definition) is 3. The molecule has 0 bridgehead atoms. The maximum Gasteiger partial charge on any atom is 0.312 e. The molecule has 3 rings (SSSR count). The second-order valence-corrected chi connectivity index (χ2v) is 8.30. The molecule has 0 aromatic heterocycles. The van der Waals surface area contributed by atoms with Gasteiger partial charge in [-0.3, -0.25) is 9.59 Å². The van der Waals surface area contributed by atoms with Crippen LogP contribution < -0.4 is 16.4 Å². The van der Waals surface area contributed by atoms with Gasteiger partial charge in [-0.05, 0) is 37.0 Å². The summed E-state index contributed by atoms with van der Waals surface area (Å²) >= 11 is 5.97. The molecular formula is C20H27ClN4O3. The largest absolute Gasteiger partial charge is 0.353 e. The van der Waals surface area contributed by atoms with Crippen molar-refractivity contribution in [3.8, 4) is 0 Å². The summed E-state index contributed by atoms with van der Waals surface area (Å²) in [6.07, 6.45) is 6.05. The molecule has 0 atom stereocenters. The third-order valence-corrected chi connectivity index (χ3v) is 5.88. The summed E-state index contributed by atoms with van der Waals surface area (Å²) in [6, 6.07) is 6.92. The number of nitrogens with one attached hydrogen (secondary N) is 2. The normalized spacial score (nSPS) is 18.8. The third-order valence-electron chi connectivity index (χ3n) is 5.63. The van der Waals surface area contributed by atoms with E-state index in [0.29, 0.717) is 24.5 Å². The number of benzene rings is 1. The number of urea groups is 1. The van der Waals surface area contributed by atoms with Crippen LogP contribution in [0.15, 0.2) is 24.3 Å². The fourth-order valence-corrected chi connectivity index (χ4v) is 4.18. The predicted molar refractivity (Wildman–Crippen MR) is 107 cm³/mol. The molecule has 1 aromatic rings. The summed E-state index contributed by atoms with van der Waals surface area (Å²) in [4.78, 5) is 37.8. The summed E-state index contributed by atoms with van der Waals surface area (Å²) in [6.45, 7) is 0.498. The minimum absolute atomic E-state index is 0.00117. The number of halogens is 1. The van der Waals surface area contributed by atoms with Gasteiger partial charge < -0.3 is 21.3 Å². The Morgan fingerprint density at radius 1 is 1.11 bits per heavy atom. The Bertz CT molecular complexity index is 725. The first kappa shape index (κ1) is 20.5. The van der Waals surface area contributed by atoms with Crippen molar-refractivity contribution in [2.24, 2.45) is 11.1 Å². The molecule has 4 amide bonds. The van der Waals surface area contributed by atoms with E-state index in [1.54, 1.807) is 4.90 Å². The lowest BCUT2D eigenvalue weighted by Gasteiger charge is -2.49. The average Bonchev–Trinajstić information content (AvgIpc) is 2.64. The lowest BCUT2D eigenvalue weighted by molar-refractivity contribution is -0.153. The monoisotopic (exact) mass is 406 g/mol. The maximum atomic E-state index is 13.2. The predicted octanol–water partition coefficient (Wildman–Crippen LogP) is 1.83. The number of nitrogens with two attached hydrogens (primary N) is 1. The Kier molecular flexibility index (Phi) is 6.44. The molecule has 2 aliphatic rings. The zero-order chi connectivity index (χ0) is 20.1. The van der Waals surface area contributed by atoms with Crippen LogP contribution in [0.2, 0.25) is 5.02 Å². The van der Waals surface area contributed by atoms with E-state index >= 15 is 0 Å². The number of hydrogen-bond donors (Lipinski definition) is 3. The molecule has 1 aliphatic carbocycles. The highest BCUT2D eigenvalue weighted by Crippen LogP contribution is 2.35. The second kappa shape index (κ2) is 8.82. The summed E-state index contributed by atoms with van der Waals surface area (Å²) in [5, 5.41) is 6.16. The number of rotatable bonds is 6. The molecule has 28 heavy (non-hydrogen) atoms. The van der Waals surface area contributed by atoms with Crippen LogP contribution in [0.1, 0.15) is 37.7 Å². The van der Waals surface area contributed by atoms with Gasteiger partial charge >= 0.3 is 6.03 Å². The van der Waals surface area contributed by atoms with Gasteiger partial charge in [-0.15, -0.1) is 0 Å². The van der Waals surface area contributed by atoms with E-state index in [9.17, 15) is 14.4 Å². The van der Waals surface area contributed by atoms with Crippen molar-refractivity contribution in [1.29, 1.82) is 0 Å². The highest BCUT2D eigenvalue weighted by molar-refractivity contribution is 6.30. The molecule has 0 spiro atoms. The summed E-state index contributed by atoms with van der Waals surface area (Å²) in [5.74, 6) is -0.239. The topological polar surface area (TPSA) is 105 Å². The maximum absolute atomic E-state index is 13.2. The standard InChI is InChI=1S/C20H27ClN4O3/c21-15-8-6-14(7-9-15)10-20(18(27)24-16-4-2-1-3-5-16)12-25(13-20)17(26)11-23-19(22)28/h6-9,16H,1-5,10-13H2,(H,24,27)(H3,22,23,28). The molecular weight excluding hydrogens is 380 g/mol. The van der Waals surface area contributed by atoms with E-state index < -0.39 is 11.4 Å². The van der Waals surface area contributed by atoms with Gasteiger partial charge in [0.2, 0.25) is 11.8 Å². The second-order valence-electron chi connectivity index (χ2n) is 7.86. The van der Waals surface area contributed by atoms with Crippen molar-refractivity contribution in [2.45, 2.75) is 44.6 Å². The molecule has 1 saturated heterocycles. The Morgan fingerprint density at radius 2 is 1.75 bits per heavy atom. The number of nitrogens with zero attached hydrogens (tertiary/aromatic N) is 1. The fourth-order valence-electron chi connectivity index (χ4n) is 4.05. The molecule has 7 nitrogen and oxygen atoms in total. The highest BCUT2D eigenvalue weighted by atomic mass is 35.5. The van der Waals surface area contributed by atoms with Gasteiger partial charge in [0.15, 0.2) is 0 Å². The van der Waals surface area contributed by atoms with Crippen molar-refractivity contribution in [3.63, 3.8) is 0 Å². The van der Waals surface area contributed by atoms with Gasteiger partial charge in [0, 0.05) is 24.2 Å². The molecule has 2 fully saturated rings. The Hall–Kier alpha value is -2.28. The Labute approximate surface area is 170 Å². The number of primary amides is 1. The molecule has 0 radical (unpaired) electrons. The zero-order valence-corrected chi connectivity index (χ0v) is 16.6. The van der Waals surface area contributed by atoms with E-state index in [1.807, 2.05) is 24.3 Å². The minimum atomic E-state index is -0.739. The van der Waals surface area contributed by atoms with Crippen LogP contribution in [0.3, 0.4) is 0 Å². The van der Waals surface area contributed by atoms with Gasteiger partial charge in [-0.1, -0.05) is 43.0 Å². The van der Waals surface area contributed by atoms with E-state index in [0.717, 1.165) is 31.2 Å². The van der Waals surface area contributed by atoms with Crippen molar-refractivity contribution in [2.75, 3.05) is 19.6 Å². The van der Waals surface area contributed by atoms with Crippen LogP contribution in [0.4, 0.5) is 4.79 Å². The molecule has 152 valence electrons.